The van der Waals surface area contributed by atoms with E-state index >= 15 is 0 Å². The molecule has 0 saturated carbocycles. The summed E-state index contributed by atoms with van der Waals surface area (Å²) in [7, 11) is 3.42. The van der Waals surface area contributed by atoms with Crippen LogP contribution in [0.5, 0.6) is 0 Å². The zero-order valence-corrected chi connectivity index (χ0v) is 13.4. The summed E-state index contributed by atoms with van der Waals surface area (Å²) < 4.78 is 0. The topological polar surface area (TPSA) is 61.4 Å². The third-order valence-corrected chi connectivity index (χ3v) is 4.45. The summed E-state index contributed by atoms with van der Waals surface area (Å²) in [5, 5.41) is 6.13. The van der Waals surface area contributed by atoms with Crippen molar-refractivity contribution < 1.29 is 9.59 Å². The first-order valence-corrected chi connectivity index (χ1v) is 8.09. The summed E-state index contributed by atoms with van der Waals surface area (Å²) in [6.07, 6.45) is 0. The van der Waals surface area contributed by atoms with Crippen LogP contribution in [-0.2, 0) is 4.79 Å². The normalized spacial score (nSPS) is 18.1. The molecule has 0 aliphatic carbocycles. The number of carbonyl (C=O) groups is 2. The molecule has 0 spiro atoms. The third-order valence-electron chi connectivity index (χ3n) is 3.39. The Hall–Kier alpha value is -1.53. The second-order valence-corrected chi connectivity index (χ2v) is 6.45. The van der Waals surface area contributed by atoms with E-state index in [4.69, 9.17) is 0 Å². The van der Waals surface area contributed by atoms with Crippen molar-refractivity contribution in [1.29, 1.82) is 0 Å². The number of hydrogen-bond acceptors (Lipinski definition) is 4. The lowest BCUT2D eigenvalue weighted by molar-refractivity contribution is -0.117. The van der Waals surface area contributed by atoms with E-state index in [2.05, 4.69) is 10.6 Å². The van der Waals surface area contributed by atoms with Crippen molar-refractivity contribution in [3.8, 4) is 0 Å². The van der Waals surface area contributed by atoms with Crippen molar-refractivity contribution in [3.05, 3.63) is 29.3 Å². The SMILES string of the molecule is Cc1ccc(C(=O)N(C)C)cc1NC(=O)C1CSCCN1. The number of amides is 2. The predicted molar refractivity (Wildman–Crippen MR) is 86.9 cm³/mol. The van der Waals surface area contributed by atoms with Crippen LogP contribution in [0.1, 0.15) is 15.9 Å². The minimum absolute atomic E-state index is 0.0419. The van der Waals surface area contributed by atoms with Crippen LogP contribution in [0.15, 0.2) is 18.2 Å². The first kappa shape index (κ1) is 15.9. The van der Waals surface area contributed by atoms with Crippen molar-refractivity contribution >= 4 is 29.3 Å². The van der Waals surface area contributed by atoms with E-state index in [-0.39, 0.29) is 17.9 Å². The van der Waals surface area contributed by atoms with E-state index < -0.39 is 0 Å². The Morgan fingerprint density at radius 2 is 2.14 bits per heavy atom. The molecule has 1 heterocycles. The Balaban J connectivity index is 2.13. The molecular weight excluding hydrogens is 286 g/mol. The molecule has 1 atom stereocenters. The number of nitrogens with one attached hydrogen (secondary N) is 2. The maximum Gasteiger partial charge on any atom is 0.253 e. The van der Waals surface area contributed by atoms with E-state index in [0.29, 0.717) is 11.3 Å². The van der Waals surface area contributed by atoms with E-state index in [1.165, 1.54) is 4.90 Å². The van der Waals surface area contributed by atoms with E-state index in [9.17, 15) is 9.59 Å². The van der Waals surface area contributed by atoms with Gasteiger partial charge in [0.1, 0.15) is 0 Å². The molecule has 2 N–H and O–H groups in total. The fourth-order valence-corrected chi connectivity index (χ4v) is 3.04. The van der Waals surface area contributed by atoms with Crippen molar-refractivity contribution in [2.45, 2.75) is 13.0 Å². The van der Waals surface area contributed by atoms with Gasteiger partial charge >= 0.3 is 0 Å². The Bertz CT molecular complexity index is 540. The molecule has 1 aliphatic rings. The Morgan fingerprint density at radius 1 is 1.38 bits per heavy atom. The lowest BCUT2D eigenvalue weighted by Crippen LogP contribution is -2.46. The van der Waals surface area contributed by atoms with Gasteiger partial charge in [-0.25, -0.2) is 0 Å². The molecule has 6 heteroatoms. The van der Waals surface area contributed by atoms with Crippen LogP contribution in [-0.4, -0.2) is 54.9 Å². The molecule has 0 aromatic heterocycles. The molecule has 1 aromatic carbocycles. The summed E-state index contributed by atoms with van der Waals surface area (Å²) in [5.74, 6) is 1.70. The van der Waals surface area contributed by atoms with Gasteiger partial charge in [-0.1, -0.05) is 6.07 Å². The lowest BCUT2D eigenvalue weighted by Gasteiger charge is -2.23. The summed E-state index contributed by atoms with van der Waals surface area (Å²) in [6, 6.07) is 5.21. The molecule has 2 amide bonds. The Labute approximate surface area is 129 Å². The number of aryl methyl sites for hydroxylation is 1. The van der Waals surface area contributed by atoms with Gasteiger partial charge < -0.3 is 15.5 Å². The van der Waals surface area contributed by atoms with Gasteiger partial charge in [-0.3, -0.25) is 9.59 Å². The number of carbonyl (C=O) groups excluding carboxylic acids is 2. The van der Waals surface area contributed by atoms with Crippen molar-refractivity contribution in [3.63, 3.8) is 0 Å². The lowest BCUT2D eigenvalue weighted by atomic mass is 10.1. The van der Waals surface area contributed by atoms with Crippen LogP contribution in [0.3, 0.4) is 0 Å². The van der Waals surface area contributed by atoms with Crippen LogP contribution < -0.4 is 10.6 Å². The summed E-state index contributed by atoms with van der Waals surface area (Å²) in [5.41, 5.74) is 2.22. The second-order valence-electron chi connectivity index (χ2n) is 5.30. The van der Waals surface area contributed by atoms with Crippen LogP contribution in [0.4, 0.5) is 5.69 Å². The Morgan fingerprint density at radius 3 is 2.76 bits per heavy atom. The van der Waals surface area contributed by atoms with Gasteiger partial charge in [-0.05, 0) is 24.6 Å². The molecule has 21 heavy (non-hydrogen) atoms. The number of nitrogens with zero attached hydrogens (tertiary/aromatic N) is 1. The van der Waals surface area contributed by atoms with Crippen LogP contribution >= 0.6 is 11.8 Å². The molecule has 0 radical (unpaired) electrons. The molecule has 1 unspecified atom stereocenters. The fraction of sp³-hybridized carbons (Fsp3) is 0.467. The largest absolute Gasteiger partial charge is 0.345 e. The number of anilines is 1. The van der Waals surface area contributed by atoms with Gasteiger partial charge in [-0.15, -0.1) is 0 Å². The van der Waals surface area contributed by atoms with Crippen molar-refractivity contribution in [2.75, 3.05) is 37.5 Å². The third kappa shape index (κ3) is 3.98. The highest BCUT2D eigenvalue weighted by molar-refractivity contribution is 7.99. The van der Waals surface area contributed by atoms with E-state index in [1.54, 1.807) is 38.0 Å². The minimum Gasteiger partial charge on any atom is -0.345 e. The zero-order valence-electron chi connectivity index (χ0n) is 12.6. The van der Waals surface area contributed by atoms with Crippen molar-refractivity contribution in [2.24, 2.45) is 0 Å². The molecule has 1 saturated heterocycles. The summed E-state index contributed by atoms with van der Waals surface area (Å²) >= 11 is 1.77. The highest BCUT2D eigenvalue weighted by atomic mass is 32.2. The average Bonchev–Trinajstić information content (AvgIpc) is 2.49. The van der Waals surface area contributed by atoms with Gasteiger partial charge in [0.2, 0.25) is 5.91 Å². The molecular formula is C15H21N3O2S. The summed E-state index contributed by atoms with van der Waals surface area (Å²) in [4.78, 5) is 25.8. The van der Waals surface area contributed by atoms with Gasteiger partial charge in [0.25, 0.3) is 5.91 Å². The molecule has 1 fully saturated rings. The average molecular weight is 307 g/mol. The minimum atomic E-state index is -0.170. The molecule has 1 aromatic rings. The smallest absolute Gasteiger partial charge is 0.253 e. The zero-order chi connectivity index (χ0) is 15.4. The number of hydrogen-bond donors (Lipinski definition) is 2. The maximum atomic E-state index is 12.3. The first-order valence-electron chi connectivity index (χ1n) is 6.93. The molecule has 1 aliphatic heterocycles. The Kier molecular flexibility index (Phi) is 5.25. The molecule has 2 rings (SSSR count). The second kappa shape index (κ2) is 6.95. The first-order chi connectivity index (χ1) is 9.99. The van der Waals surface area contributed by atoms with E-state index in [0.717, 1.165) is 23.6 Å². The standard InChI is InChI=1S/C15H21N3O2S/c1-10-4-5-11(15(20)18(2)3)8-12(10)17-14(19)13-9-21-7-6-16-13/h4-5,8,13,16H,6-7,9H2,1-3H3,(H,17,19). The van der Waals surface area contributed by atoms with E-state index in [1.807, 2.05) is 13.0 Å². The quantitative estimate of drug-likeness (QED) is 0.885. The fourth-order valence-electron chi connectivity index (χ4n) is 2.10. The number of thioether (sulfide) groups is 1. The predicted octanol–water partition coefficient (Wildman–Crippen LogP) is 1.34. The van der Waals surface area contributed by atoms with Crippen LogP contribution in [0.2, 0.25) is 0 Å². The van der Waals surface area contributed by atoms with Crippen LogP contribution in [0.25, 0.3) is 0 Å². The van der Waals surface area contributed by atoms with Gasteiger partial charge in [0.05, 0.1) is 6.04 Å². The highest BCUT2D eigenvalue weighted by Crippen LogP contribution is 2.19. The van der Waals surface area contributed by atoms with Crippen molar-refractivity contribution in [1.82, 2.24) is 10.2 Å². The number of rotatable bonds is 3. The molecule has 114 valence electrons. The molecule has 5 nitrogen and oxygen atoms in total. The monoisotopic (exact) mass is 307 g/mol. The van der Waals surface area contributed by atoms with Crippen LogP contribution in [0, 0.1) is 6.92 Å². The highest BCUT2D eigenvalue weighted by Gasteiger charge is 2.21. The van der Waals surface area contributed by atoms with Gasteiger partial charge in [-0.2, -0.15) is 11.8 Å². The number of benzene rings is 1. The maximum absolute atomic E-state index is 12.3. The van der Waals surface area contributed by atoms with Gasteiger partial charge in [0.15, 0.2) is 0 Å². The van der Waals surface area contributed by atoms with Gasteiger partial charge in [0, 0.05) is 43.4 Å². The summed E-state index contributed by atoms with van der Waals surface area (Å²) in [6.45, 7) is 2.77. The molecule has 0 bridgehead atoms.